The number of allylic oxidation sites excluding steroid dienone is 4. The van der Waals surface area contributed by atoms with Gasteiger partial charge in [-0.25, -0.2) is 0 Å². The van der Waals surface area contributed by atoms with Crippen LogP contribution in [0, 0.1) is 5.41 Å². The van der Waals surface area contributed by atoms with E-state index in [1.165, 1.54) is 5.57 Å². The summed E-state index contributed by atoms with van der Waals surface area (Å²) >= 11 is 13.1. The summed E-state index contributed by atoms with van der Waals surface area (Å²) in [7, 11) is 0. The highest BCUT2D eigenvalue weighted by molar-refractivity contribution is 7.45. The third-order valence-electron chi connectivity index (χ3n) is 2.67. The first-order valence-electron chi connectivity index (χ1n) is 5.99. The molecule has 0 saturated heterocycles. The van der Waals surface area contributed by atoms with E-state index in [4.69, 9.17) is 22.2 Å². The van der Waals surface area contributed by atoms with Gasteiger partial charge in [0.1, 0.15) is 0 Å². The Morgan fingerprint density at radius 1 is 1.12 bits per heavy atom. The number of rotatable bonds is 2. The highest BCUT2D eigenvalue weighted by atomic mass is 35.7. The summed E-state index contributed by atoms with van der Waals surface area (Å²) in [5.74, 6) is 0. The first-order chi connectivity index (χ1) is 7.42. The van der Waals surface area contributed by atoms with Crippen LogP contribution < -0.4 is 4.98 Å². The zero-order valence-corrected chi connectivity index (χ0v) is 14.1. The molecule has 0 fully saturated rings. The van der Waals surface area contributed by atoms with Crippen LogP contribution in [0.15, 0.2) is 23.8 Å². The lowest BCUT2D eigenvalue weighted by atomic mass is 9.87. The largest absolute Gasteiger partial charge is 0.333 e. The smallest absolute Gasteiger partial charge is 0.308 e. The molecule has 0 radical (unpaired) electrons. The van der Waals surface area contributed by atoms with Gasteiger partial charge in [-0.3, -0.25) is 0 Å². The third-order valence-corrected chi connectivity index (χ3v) is 7.03. The van der Waals surface area contributed by atoms with Crippen LogP contribution in [0.1, 0.15) is 41.5 Å². The van der Waals surface area contributed by atoms with E-state index in [0.29, 0.717) is 0 Å². The van der Waals surface area contributed by atoms with Gasteiger partial charge in [0.2, 0.25) is 0 Å². The maximum Gasteiger partial charge on any atom is 0.333 e. The van der Waals surface area contributed by atoms with Crippen LogP contribution in [0.5, 0.6) is 0 Å². The molecule has 1 atom stereocenters. The fourth-order valence-corrected chi connectivity index (χ4v) is 6.23. The van der Waals surface area contributed by atoms with Crippen LogP contribution in [-0.2, 0) is 0 Å². The normalized spacial score (nSPS) is 21.9. The second kappa shape index (κ2) is 4.73. The Kier molecular flexibility index (Phi) is 4.25. The van der Waals surface area contributed by atoms with E-state index in [0.717, 1.165) is 0 Å². The predicted octanol–water partition coefficient (Wildman–Crippen LogP) is 4.70. The first kappa shape index (κ1) is 15.3. The molecule has 0 aromatic rings. The Labute approximate surface area is 116 Å². The van der Waals surface area contributed by atoms with Gasteiger partial charge in [-0.05, 0) is 31.8 Å². The lowest BCUT2D eigenvalue weighted by Gasteiger charge is -2.31. The summed E-state index contributed by atoms with van der Waals surface area (Å²) in [4.78, 5) is 3.38. The number of hydrogen-bond donors (Lipinski definition) is 1. The van der Waals surface area contributed by atoms with E-state index < -0.39 is 6.86 Å². The topological polar surface area (TPSA) is 12.0 Å². The third kappa shape index (κ3) is 4.44. The minimum Gasteiger partial charge on any atom is -0.308 e. The van der Waals surface area contributed by atoms with Crippen LogP contribution in [0.3, 0.4) is 0 Å². The highest BCUT2D eigenvalue weighted by Gasteiger charge is 2.41. The van der Waals surface area contributed by atoms with Crippen molar-refractivity contribution in [3.63, 3.8) is 0 Å². The standard InChI is InChI=1S/C13H23Cl2NSi/c1-12(2,3)10-7-8-11(9-10)17(14,15)16-13(4,5)6/h7-9,11,16H,1-6H3. The Morgan fingerprint density at radius 2 is 1.65 bits per heavy atom. The molecule has 17 heavy (non-hydrogen) atoms. The molecular formula is C13H23Cl2NSi. The Hall–Kier alpha value is 0.237. The van der Waals surface area contributed by atoms with Crippen LogP contribution >= 0.6 is 22.2 Å². The van der Waals surface area contributed by atoms with Crippen molar-refractivity contribution in [3.05, 3.63) is 23.8 Å². The molecule has 0 saturated carbocycles. The lowest BCUT2D eigenvalue weighted by molar-refractivity contribution is 0.515. The van der Waals surface area contributed by atoms with Gasteiger partial charge in [0.25, 0.3) is 0 Å². The summed E-state index contributed by atoms with van der Waals surface area (Å²) < 4.78 is 0. The molecule has 0 bridgehead atoms. The zero-order chi connectivity index (χ0) is 13.5. The van der Waals surface area contributed by atoms with Crippen LogP contribution in [-0.4, -0.2) is 12.4 Å². The maximum absolute atomic E-state index is 6.54. The van der Waals surface area contributed by atoms with E-state index >= 15 is 0 Å². The van der Waals surface area contributed by atoms with Gasteiger partial charge < -0.3 is 4.98 Å². The van der Waals surface area contributed by atoms with E-state index in [1.807, 2.05) is 0 Å². The van der Waals surface area contributed by atoms with Gasteiger partial charge >= 0.3 is 6.86 Å². The summed E-state index contributed by atoms with van der Waals surface area (Å²) in [5, 5.41) is 0. The SMILES string of the molecule is CC(C)(C)N[Si](Cl)(Cl)C1C=CC(C(C)(C)C)=C1. The van der Waals surface area contributed by atoms with Gasteiger partial charge in [0, 0.05) is 11.1 Å². The summed E-state index contributed by atoms with van der Waals surface area (Å²) in [6, 6.07) is 0. The van der Waals surface area contributed by atoms with Crippen molar-refractivity contribution in [2.45, 2.75) is 52.6 Å². The maximum atomic E-state index is 6.54. The fourth-order valence-electron chi connectivity index (χ4n) is 1.82. The van der Waals surface area contributed by atoms with Gasteiger partial charge in [-0.2, -0.15) is 0 Å². The fraction of sp³-hybridized carbons (Fsp3) is 0.692. The number of hydrogen-bond acceptors (Lipinski definition) is 1. The quantitative estimate of drug-likeness (QED) is 0.574. The van der Waals surface area contributed by atoms with Crippen molar-refractivity contribution in [1.82, 2.24) is 4.98 Å². The second-order valence-corrected chi connectivity index (χ2v) is 13.1. The lowest BCUT2D eigenvalue weighted by Crippen LogP contribution is -2.53. The molecule has 0 heterocycles. The van der Waals surface area contributed by atoms with Crippen LogP contribution in [0.25, 0.3) is 0 Å². The number of halogens is 2. The monoisotopic (exact) mass is 291 g/mol. The van der Waals surface area contributed by atoms with Crippen LogP contribution in [0.4, 0.5) is 0 Å². The van der Waals surface area contributed by atoms with E-state index in [-0.39, 0.29) is 16.5 Å². The van der Waals surface area contributed by atoms with Crippen molar-refractivity contribution >= 4 is 29.0 Å². The molecule has 1 nitrogen and oxygen atoms in total. The molecule has 0 aliphatic heterocycles. The minimum absolute atomic E-state index is 0.0537. The summed E-state index contributed by atoms with van der Waals surface area (Å²) in [5.41, 5.74) is 1.57. The molecule has 0 spiro atoms. The molecule has 0 aromatic carbocycles. The minimum atomic E-state index is -2.50. The molecule has 1 aliphatic rings. The molecule has 1 unspecified atom stereocenters. The molecule has 98 valence electrons. The van der Waals surface area contributed by atoms with E-state index in [2.05, 4.69) is 64.8 Å². The van der Waals surface area contributed by atoms with E-state index in [1.54, 1.807) is 0 Å². The van der Waals surface area contributed by atoms with Crippen molar-refractivity contribution < 1.29 is 0 Å². The highest BCUT2D eigenvalue weighted by Crippen LogP contribution is 2.41. The Morgan fingerprint density at radius 3 is 2.00 bits per heavy atom. The number of nitrogens with one attached hydrogen (secondary N) is 1. The summed E-state index contributed by atoms with van der Waals surface area (Å²) in [6.45, 7) is 10.4. The Bertz CT molecular complexity index is 345. The molecule has 4 heteroatoms. The zero-order valence-electron chi connectivity index (χ0n) is 11.6. The van der Waals surface area contributed by atoms with Gasteiger partial charge in [-0.1, -0.05) is 39.0 Å². The van der Waals surface area contributed by atoms with Crippen LogP contribution in [0.2, 0.25) is 5.54 Å². The second-order valence-electron chi connectivity index (χ2n) is 6.75. The average Bonchev–Trinajstić information content (AvgIpc) is 2.44. The molecular weight excluding hydrogens is 269 g/mol. The van der Waals surface area contributed by atoms with Gasteiger partial charge in [0.15, 0.2) is 0 Å². The first-order valence-corrected chi connectivity index (χ1v) is 10.1. The average molecular weight is 292 g/mol. The van der Waals surface area contributed by atoms with Crippen molar-refractivity contribution in [1.29, 1.82) is 0 Å². The van der Waals surface area contributed by atoms with Gasteiger partial charge in [0.05, 0.1) is 0 Å². The molecule has 1 aliphatic carbocycles. The van der Waals surface area contributed by atoms with Gasteiger partial charge in [-0.15, -0.1) is 22.2 Å². The molecule has 0 amide bonds. The van der Waals surface area contributed by atoms with E-state index in [9.17, 15) is 0 Å². The Balaban J connectivity index is 2.84. The van der Waals surface area contributed by atoms with Crippen molar-refractivity contribution in [3.8, 4) is 0 Å². The van der Waals surface area contributed by atoms with Crippen molar-refractivity contribution in [2.24, 2.45) is 5.41 Å². The molecule has 1 rings (SSSR count). The molecule has 1 N–H and O–H groups in total. The van der Waals surface area contributed by atoms with Crippen molar-refractivity contribution in [2.75, 3.05) is 0 Å². The predicted molar refractivity (Wildman–Crippen MR) is 80.8 cm³/mol. The summed E-state index contributed by atoms with van der Waals surface area (Å²) in [6.07, 6.45) is 6.50. The molecule has 0 aromatic heterocycles.